The molecule has 0 bridgehead atoms. The van der Waals surface area contributed by atoms with E-state index in [1.165, 1.54) is 0 Å². The van der Waals surface area contributed by atoms with Gasteiger partial charge in [-0.15, -0.1) is 0 Å². The van der Waals surface area contributed by atoms with Crippen LogP contribution in [-0.2, 0) is 9.59 Å². The summed E-state index contributed by atoms with van der Waals surface area (Å²) in [4.78, 5) is 23.0. The van der Waals surface area contributed by atoms with Gasteiger partial charge in [0, 0.05) is 19.5 Å². The van der Waals surface area contributed by atoms with E-state index in [0.717, 1.165) is 32.5 Å². The molecule has 1 atom stereocenters. The van der Waals surface area contributed by atoms with Crippen molar-refractivity contribution in [2.24, 2.45) is 11.3 Å². The van der Waals surface area contributed by atoms with Crippen LogP contribution < -0.4 is 16.0 Å². The third-order valence-electron chi connectivity index (χ3n) is 4.14. The van der Waals surface area contributed by atoms with Crippen molar-refractivity contribution in [3.8, 4) is 0 Å². The van der Waals surface area contributed by atoms with Gasteiger partial charge in [0.05, 0.1) is 5.92 Å². The molecule has 0 aliphatic carbocycles. The van der Waals surface area contributed by atoms with Crippen molar-refractivity contribution in [3.05, 3.63) is 0 Å². The summed E-state index contributed by atoms with van der Waals surface area (Å²) in [6.07, 6.45) is 3.36. The van der Waals surface area contributed by atoms with Crippen LogP contribution in [0.1, 0.15) is 32.6 Å². The van der Waals surface area contributed by atoms with Crippen molar-refractivity contribution in [2.45, 2.75) is 32.6 Å². The molecule has 18 heavy (non-hydrogen) atoms. The zero-order valence-electron chi connectivity index (χ0n) is 11.1. The van der Waals surface area contributed by atoms with Gasteiger partial charge >= 0.3 is 0 Å². The monoisotopic (exact) mass is 253 g/mol. The van der Waals surface area contributed by atoms with Gasteiger partial charge in [-0.25, -0.2) is 0 Å². The number of piperidine rings is 2. The molecule has 2 amide bonds. The summed E-state index contributed by atoms with van der Waals surface area (Å²) in [5.41, 5.74) is 0.221. The molecule has 2 heterocycles. The van der Waals surface area contributed by atoms with Crippen molar-refractivity contribution in [1.82, 2.24) is 16.0 Å². The van der Waals surface area contributed by atoms with E-state index in [9.17, 15) is 9.59 Å². The van der Waals surface area contributed by atoms with Gasteiger partial charge in [0.25, 0.3) is 0 Å². The third-order valence-corrected chi connectivity index (χ3v) is 4.14. The SMILES string of the molecule is CC1(CNC(=O)C2CCC(=O)NC2)CCNCC1. The average Bonchev–Trinajstić information content (AvgIpc) is 2.38. The van der Waals surface area contributed by atoms with Gasteiger partial charge in [0.1, 0.15) is 0 Å². The Bertz CT molecular complexity index is 314. The maximum Gasteiger partial charge on any atom is 0.224 e. The number of amides is 2. The summed E-state index contributed by atoms with van der Waals surface area (Å²) >= 11 is 0. The lowest BCUT2D eigenvalue weighted by molar-refractivity contribution is -0.129. The van der Waals surface area contributed by atoms with Gasteiger partial charge in [0.15, 0.2) is 0 Å². The molecule has 0 saturated carbocycles. The quantitative estimate of drug-likeness (QED) is 0.664. The van der Waals surface area contributed by atoms with Gasteiger partial charge in [-0.05, 0) is 37.8 Å². The Hall–Kier alpha value is -1.10. The second-order valence-electron chi connectivity index (χ2n) is 5.82. The average molecular weight is 253 g/mol. The van der Waals surface area contributed by atoms with Crippen LogP contribution in [0.5, 0.6) is 0 Å². The predicted octanol–water partition coefficient (Wildman–Crippen LogP) is 0.0185. The Morgan fingerprint density at radius 3 is 2.78 bits per heavy atom. The highest BCUT2D eigenvalue weighted by Gasteiger charge is 2.29. The summed E-state index contributed by atoms with van der Waals surface area (Å²) in [6.45, 7) is 5.54. The van der Waals surface area contributed by atoms with Gasteiger partial charge < -0.3 is 16.0 Å². The molecule has 3 N–H and O–H groups in total. The number of nitrogens with one attached hydrogen (secondary N) is 3. The number of rotatable bonds is 3. The normalized spacial score (nSPS) is 27.4. The zero-order chi connectivity index (χ0) is 13.0. The van der Waals surface area contributed by atoms with Crippen molar-refractivity contribution in [3.63, 3.8) is 0 Å². The van der Waals surface area contributed by atoms with Crippen molar-refractivity contribution >= 4 is 11.8 Å². The number of carbonyl (C=O) groups excluding carboxylic acids is 2. The summed E-state index contributed by atoms with van der Waals surface area (Å²) in [5, 5.41) is 9.15. The molecule has 2 aliphatic heterocycles. The molecule has 5 nitrogen and oxygen atoms in total. The largest absolute Gasteiger partial charge is 0.355 e. The molecule has 5 heteroatoms. The predicted molar refractivity (Wildman–Crippen MR) is 69.0 cm³/mol. The summed E-state index contributed by atoms with van der Waals surface area (Å²) < 4.78 is 0. The Balaban J connectivity index is 1.75. The third kappa shape index (κ3) is 3.45. The second-order valence-corrected chi connectivity index (χ2v) is 5.82. The highest BCUT2D eigenvalue weighted by molar-refractivity contribution is 5.83. The Labute approximate surface area is 108 Å². The Morgan fingerprint density at radius 2 is 2.17 bits per heavy atom. The van der Waals surface area contributed by atoms with Crippen LogP contribution in [-0.4, -0.2) is 38.0 Å². The molecule has 2 fully saturated rings. The minimum Gasteiger partial charge on any atom is -0.355 e. The van der Waals surface area contributed by atoms with Crippen LogP contribution in [0.4, 0.5) is 0 Å². The highest BCUT2D eigenvalue weighted by Crippen LogP contribution is 2.26. The van der Waals surface area contributed by atoms with Gasteiger partial charge in [-0.3, -0.25) is 9.59 Å². The minimum absolute atomic E-state index is 0.0481. The van der Waals surface area contributed by atoms with E-state index in [2.05, 4.69) is 22.9 Å². The first-order chi connectivity index (χ1) is 8.59. The van der Waals surface area contributed by atoms with Crippen molar-refractivity contribution in [1.29, 1.82) is 0 Å². The van der Waals surface area contributed by atoms with E-state index in [4.69, 9.17) is 0 Å². The zero-order valence-corrected chi connectivity index (χ0v) is 11.1. The van der Waals surface area contributed by atoms with Gasteiger partial charge in [-0.1, -0.05) is 6.92 Å². The summed E-state index contributed by atoms with van der Waals surface area (Å²) in [7, 11) is 0. The van der Waals surface area contributed by atoms with Crippen LogP contribution in [0.2, 0.25) is 0 Å². The topological polar surface area (TPSA) is 70.2 Å². The van der Waals surface area contributed by atoms with Crippen LogP contribution in [0, 0.1) is 11.3 Å². The molecular formula is C13H23N3O2. The minimum atomic E-state index is -0.0481. The van der Waals surface area contributed by atoms with Crippen LogP contribution in [0.3, 0.4) is 0 Å². The molecule has 2 aliphatic rings. The highest BCUT2D eigenvalue weighted by atomic mass is 16.2. The van der Waals surface area contributed by atoms with Crippen molar-refractivity contribution < 1.29 is 9.59 Å². The van der Waals surface area contributed by atoms with Crippen molar-refractivity contribution in [2.75, 3.05) is 26.2 Å². The molecule has 0 aromatic rings. The second kappa shape index (κ2) is 5.69. The number of carbonyl (C=O) groups is 2. The van der Waals surface area contributed by atoms with E-state index in [1.54, 1.807) is 0 Å². The molecule has 0 aromatic heterocycles. The maximum absolute atomic E-state index is 12.0. The molecule has 0 spiro atoms. The lowest BCUT2D eigenvalue weighted by atomic mass is 9.81. The maximum atomic E-state index is 12.0. The van der Waals surface area contributed by atoms with E-state index in [0.29, 0.717) is 19.4 Å². The standard InChI is InChI=1S/C13H23N3O2/c1-13(4-6-14-7-5-13)9-16-12(18)10-2-3-11(17)15-8-10/h10,14H,2-9H2,1H3,(H,15,17)(H,16,18). The molecule has 0 aromatic carbocycles. The first kappa shape index (κ1) is 13.3. The molecule has 1 unspecified atom stereocenters. The lowest BCUT2D eigenvalue weighted by Gasteiger charge is -2.34. The smallest absolute Gasteiger partial charge is 0.224 e. The molecular weight excluding hydrogens is 230 g/mol. The molecule has 2 saturated heterocycles. The Morgan fingerprint density at radius 1 is 1.44 bits per heavy atom. The van der Waals surface area contributed by atoms with E-state index in [-0.39, 0.29) is 23.1 Å². The van der Waals surface area contributed by atoms with Gasteiger partial charge in [0.2, 0.25) is 11.8 Å². The molecule has 0 radical (unpaired) electrons. The van der Waals surface area contributed by atoms with Gasteiger partial charge in [-0.2, -0.15) is 0 Å². The Kier molecular flexibility index (Phi) is 4.22. The molecule has 102 valence electrons. The first-order valence-corrected chi connectivity index (χ1v) is 6.84. The fourth-order valence-corrected chi connectivity index (χ4v) is 2.61. The lowest BCUT2D eigenvalue weighted by Crippen LogP contribution is -2.47. The van der Waals surface area contributed by atoms with Crippen LogP contribution >= 0.6 is 0 Å². The fourth-order valence-electron chi connectivity index (χ4n) is 2.61. The summed E-state index contributed by atoms with van der Waals surface area (Å²) in [5.74, 6) is 0.104. The number of hydrogen-bond acceptors (Lipinski definition) is 3. The summed E-state index contributed by atoms with van der Waals surface area (Å²) in [6, 6.07) is 0. The van der Waals surface area contributed by atoms with E-state index in [1.807, 2.05) is 0 Å². The number of hydrogen-bond donors (Lipinski definition) is 3. The van der Waals surface area contributed by atoms with Crippen LogP contribution in [0.15, 0.2) is 0 Å². The molecule has 2 rings (SSSR count). The first-order valence-electron chi connectivity index (χ1n) is 6.84. The van der Waals surface area contributed by atoms with E-state index < -0.39 is 0 Å². The van der Waals surface area contributed by atoms with Crippen LogP contribution in [0.25, 0.3) is 0 Å². The fraction of sp³-hybridized carbons (Fsp3) is 0.846. The van der Waals surface area contributed by atoms with E-state index >= 15 is 0 Å².